The van der Waals surface area contributed by atoms with Crippen LogP contribution in [0.25, 0.3) is 0 Å². The molecule has 0 heterocycles. The van der Waals surface area contributed by atoms with Crippen molar-refractivity contribution in [3.8, 4) is 5.75 Å². The maximum absolute atomic E-state index is 11.8. The summed E-state index contributed by atoms with van der Waals surface area (Å²) in [5.74, 6) is -1.23. The Bertz CT molecular complexity index is 504. The number of amides is 2. The fourth-order valence-electron chi connectivity index (χ4n) is 1.32. The van der Waals surface area contributed by atoms with Crippen LogP contribution in [0.1, 0.15) is 17.3 Å². The van der Waals surface area contributed by atoms with Crippen LogP contribution < -0.4 is 11.1 Å². The minimum absolute atomic E-state index is 0.0160. The highest BCUT2D eigenvalue weighted by atomic mass is 32.2. The van der Waals surface area contributed by atoms with Crippen molar-refractivity contribution in [2.24, 2.45) is 5.73 Å². The molecule has 0 unspecified atom stereocenters. The Morgan fingerprint density at radius 3 is 2.53 bits per heavy atom. The van der Waals surface area contributed by atoms with E-state index in [-0.39, 0.29) is 17.1 Å². The van der Waals surface area contributed by atoms with Gasteiger partial charge in [0.1, 0.15) is 11.8 Å². The molecule has 0 radical (unpaired) electrons. The first-order valence-electron chi connectivity index (χ1n) is 5.43. The second-order valence-corrected chi connectivity index (χ2v) is 4.76. The summed E-state index contributed by atoms with van der Waals surface area (Å²) in [6, 6.07) is 5.17. The van der Waals surface area contributed by atoms with Crippen LogP contribution in [0.4, 0.5) is 0 Å². The maximum Gasteiger partial charge on any atom is 0.240 e. The first-order valence-corrected chi connectivity index (χ1v) is 6.42. The van der Waals surface area contributed by atoms with E-state index < -0.39 is 23.0 Å². The molecule has 0 saturated heterocycles. The lowest BCUT2D eigenvalue weighted by molar-refractivity contribution is -0.125. The molecule has 102 valence electrons. The molecule has 6 nitrogen and oxygen atoms in total. The number of nitrogens with one attached hydrogen (secondary N) is 1. The van der Waals surface area contributed by atoms with Gasteiger partial charge in [0.25, 0.3) is 0 Å². The zero-order chi connectivity index (χ0) is 14.4. The number of primary amides is 1. The second-order valence-electron chi connectivity index (χ2n) is 3.77. The van der Waals surface area contributed by atoms with Gasteiger partial charge in [-0.3, -0.25) is 14.4 Å². The van der Waals surface area contributed by atoms with E-state index in [2.05, 4.69) is 5.32 Å². The molecule has 0 aromatic heterocycles. The quantitative estimate of drug-likeness (QED) is 0.717. The first-order chi connectivity index (χ1) is 8.91. The summed E-state index contributed by atoms with van der Waals surface area (Å²) < 4.78 is 0. The van der Waals surface area contributed by atoms with Crippen molar-refractivity contribution in [2.75, 3.05) is 5.75 Å². The molecule has 0 aliphatic carbocycles. The number of hydrogen-bond donors (Lipinski definition) is 3. The number of aromatic hydroxyl groups is 1. The van der Waals surface area contributed by atoms with Gasteiger partial charge in [-0.15, -0.1) is 0 Å². The molecule has 2 amide bonds. The van der Waals surface area contributed by atoms with Crippen molar-refractivity contribution in [1.82, 2.24) is 5.32 Å². The lowest BCUT2D eigenvalue weighted by Crippen LogP contribution is -2.45. The molecule has 0 spiro atoms. The van der Waals surface area contributed by atoms with Gasteiger partial charge >= 0.3 is 0 Å². The number of benzene rings is 1. The van der Waals surface area contributed by atoms with Crippen LogP contribution >= 0.6 is 11.8 Å². The van der Waals surface area contributed by atoms with E-state index in [1.807, 2.05) is 0 Å². The molecule has 0 bridgehead atoms. The monoisotopic (exact) mass is 282 g/mol. The standard InChI is InChI=1S/C12H14N2O4S/c1-7(15)14-9(11(13)17)6-19-12(18)8-4-2-3-5-10(8)16/h2-5,9,16H,6H2,1H3,(H2,13,17)(H,14,15)/t9-/m0/s1. The van der Waals surface area contributed by atoms with Crippen molar-refractivity contribution < 1.29 is 19.5 Å². The van der Waals surface area contributed by atoms with Crippen LogP contribution in [0.2, 0.25) is 0 Å². The van der Waals surface area contributed by atoms with E-state index in [1.165, 1.54) is 19.1 Å². The van der Waals surface area contributed by atoms with Crippen LogP contribution in [0.15, 0.2) is 24.3 Å². The topological polar surface area (TPSA) is 109 Å². The highest BCUT2D eigenvalue weighted by molar-refractivity contribution is 8.14. The molecule has 1 rings (SSSR count). The third-order valence-corrected chi connectivity index (χ3v) is 3.21. The molecule has 0 aliphatic rings. The van der Waals surface area contributed by atoms with Crippen molar-refractivity contribution >= 4 is 28.7 Å². The molecule has 19 heavy (non-hydrogen) atoms. The van der Waals surface area contributed by atoms with Crippen LogP contribution in [-0.2, 0) is 9.59 Å². The van der Waals surface area contributed by atoms with E-state index in [0.29, 0.717) is 0 Å². The van der Waals surface area contributed by atoms with Gasteiger partial charge in [-0.2, -0.15) is 0 Å². The van der Waals surface area contributed by atoms with Gasteiger partial charge in [-0.05, 0) is 12.1 Å². The van der Waals surface area contributed by atoms with Gasteiger partial charge in [0.15, 0.2) is 0 Å². The number of phenolic OH excluding ortho intramolecular Hbond substituents is 1. The molecule has 1 aromatic carbocycles. The lowest BCUT2D eigenvalue weighted by atomic mass is 10.2. The molecular weight excluding hydrogens is 268 g/mol. The van der Waals surface area contributed by atoms with Crippen LogP contribution in [0, 0.1) is 0 Å². The molecule has 4 N–H and O–H groups in total. The Kier molecular flexibility index (Phi) is 5.37. The largest absolute Gasteiger partial charge is 0.507 e. The Balaban J connectivity index is 2.65. The highest BCUT2D eigenvalue weighted by Gasteiger charge is 2.19. The van der Waals surface area contributed by atoms with Gasteiger partial charge in [-0.25, -0.2) is 0 Å². The summed E-state index contributed by atoms with van der Waals surface area (Å²) in [4.78, 5) is 33.8. The number of nitrogens with two attached hydrogens (primary N) is 1. The average molecular weight is 282 g/mol. The second kappa shape index (κ2) is 6.79. The van der Waals surface area contributed by atoms with E-state index >= 15 is 0 Å². The van der Waals surface area contributed by atoms with Gasteiger partial charge < -0.3 is 16.2 Å². The van der Waals surface area contributed by atoms with E-state index in [1.54, 1.807) is 12.1 Å². The Morgan fingerprint density at radius 2 is 2.00 bits per heavy atom. The fraction of sp³-hybridized carbons (Fsp3) is 0.250. The number of phenols is 1. The lowest BCUT2D eigenvalue weighted by Gasteiger charge is -2.13. The summed E-state index contributed by atoms with van der Waals surface area (Å²) in [5, 5.41) is 11.5. The maximum atomic E-state index is 11.8. The van der Waals surface area contributed by atoms with Gasteiger partial charge in [0, 0.05) is 12.7 Å². The van der Waals surface area contributed by atoms with Gasteiger partial charge in [-0.1, -0.05) is 23.9 Å². The minimum Gasteiger partial charge on any atom is -0.507 e. The van der Waals surface area contributed by atoms with Crippen LogP contribution in [-0.4, -0.2) is 33.8 Å². The fourth-order valence-corrected chi connectivity index (χ4v) is 2.22. The van der Waals surface area contributed by atoms with Crippen molar-refractivity contribution in [3.05, 3.63) is 29.8 Å². The Hall–Kier alpha value is -2.02. The average Bonchev–Trinajstić information content (AvgIpc) is 2.34. The highest BCUT2D eigenvalue weighted by Crippen LogP contribution is 2.21. The van der Waals surface area contributed by atoms with E-state index in [0.717, 1.165) is 11.8 Å². The SMILES string of the molecule is CC(=O)N[C@@H](CSC(=O)c1ccccc1O)C(N)=O. The normalized spacial score (nSPS) is 11.6. The van der Waals surface area contributed by atoms with Crippen molar-refractivity contribution in [2.45, 2.75) is 13.0 Å². The number of para-hydroxylation sites is 1. The van der Waals surface area contributed by atoms with Gasteiger partial charge in [0.05, 0.1) is 5.56 Å². The minimum atomic E-state index is -0.919. The third-order valence-electron chi connectivity index (χ3n) is 2.23. The molecular formula is C12H14N2O4S. The van der Waals surface area contributed by atoms with Gasteiger partial charge in [0.2, 0.25) is 16.9 Å². The molecule has 0 aliphatic heterocycles. The predicted octanol–water partition coefficient (Wildman–Crippen LogP) is 0.256. The van der Waals surface area contributed by atoms with Crippen LogP contribution in [0.5, 0.6) is 5.75 Å². The summed E-state index contributed by atoms with van der Waals surface area (Å²) in [6.45, 7) is 1.26. The van der Waals surface area contributed by atoms with Crippen molar-refractivity contribution in [1.29, 1.82) is 0 Å². The summed E-state index contributed by atoms with van der Waals surface area (Å²) in [5.41, 5.74) is 5.26. The molecule has 1 atom stereocenters. The number of thioether (sulfide) groups is 1. The Morgan fingerprint density at radius 1 is 1.37 bits per heavy atom. The molecule has 0 fully saturated rings. The number of carbonyl (C=O) groups excluding carboxylic acids is 3. The van der Waals surface area contributed by atoms with E-state index in [9.17, 15) is 19.5 Å². The molecule has 7 heteroatoms. The zero-order valence-electron chi connectivity index (χ0n) is 10.3. The van der Waals surface area contributed by atoms with Crippen LogP contribution in [0.3, 0.4) is 0 Å². The Labute approximate surface area is 114 Å². The zero-order valence-corrected chi connectivity index (χ0v) is 11.1. The van der Waals surface area contributed by atoms with Crippen molar-refractivity contribution in [3.63, 3.8) is 0 Å². The number of hydrogen-bond acceptors (Lipinski definition) is 5. The third kappa shape index (κ3) is 4.63. The number of carbonyl (C=O) groups is 3. The summed E-state index contributed by atoms with van der Waals surface area (Å²) >= 11 is 0.808. The predicted molar refractivity (Wildman–Crippen MR) is 71.7 cm³/mol. The molecule has 1 aromatic rings. The first kappa shape index (κ1) is 15.0. The van der Waals surface area contributed by atoms with E-state index in [4.69, 9.17) is 5.73 Å². The summed E-state index contributed by atoms with van der Waals surface area (Å²) in [6.07, 6.45) is 0. The summed E-state index contributed by atoms with van der Waals surface area (Å²) in [7, 11) is 0. The smallest absolute Gasteiger partial charge is 0.240 e. The number of rotatable bonds is 5. The molecule has 0 saturated carbocycles.